The molecule has 4 nitrogen and oxygen atoms in total. The number of hydrogen-bond donors (Lipinski definition) is 1. The molecule has 2 saturated heterocycles. The molecule has 0 saturated carbocycles. The van der Waals surface area contributed by atoms with E-state index in [1.165, 1.54) is 0 Å². The van der Waals surface area contributed by atoms with Gasteiger partial charge in [-0.15, -0.1) is 0 Å². The van der Waals surface area contributed by atoms with Gasteiger partial charge in [0.15, 0.2) is 11.0 Å². The summed E-state index contributed by atoms with van der Waals surface area (Å²) in [5.41, 5.74) is 0. The second-order valence-corrected chi connectivity index (χ2v) is 4.86. The molecule has 1 aromatic rings. The van der Waals surface area contributed by atoms with Gasteiger partial charge in [-0.2, -0.15) is 0 Å². The number of fused-ring (bicyclic) bond motifs is 1. The van der Waals surface area contributed by atoms with Crippen LogP contribution in [0.4, 0.5) is 0 Å². The van der Waals surface area contributed by atoms with E-state index in [1.807, 2.05) is 4.90 Å². The van der Waals surface area contributed by atoms with Gasteiger partial charge in [0.1, 0.15) is 0 Å². The van der Waals surface area contributed by atoms with Crippen LogP contribution in [0.2, 0.25) is 5.22 Å². The Morgan fingerprint density at radius 1 is 1.38 bits per heavy atom. The molecule has 0 unspecified atom stereocenters. The summed E-state index contributed by atoms with van der Waals surface area (Å²) in [7, 11) is 0. The Balaban J connectivity index is 1.73. The Labute approximate surface area is 98.5 Å². The van der Waals surface area contributed by atoms with Crippen LogP contribution in [0.5, 0.6) is 0 Å². The maximum Gasteiger partial charge on any atom is 0.289 e. The first-order valence-corrected chi connectivity index (χ1v) is 5.87. The van der Waals surface area contributed by atoms with Gasteiger partial charge in [0.2, 0.25) is 0 Å². The van der Waals surface area contributed by atoms with Crippen molar-refractivity contribution in [2.45, 2.75) is 0 Å². The zero-order valence-corrected chi connectivity index (χ0v) is 9.54. The third-order valence-electron chi connectivity index (χ3n) is 3.46. The standard InChI is InChI=1S/C11H13ClN2O2/c12-10-2-1-9(16-10)11(15)14-5-7-3-13-4-8(7)6-14/h1-2,7-8,13H,3-6H2/t7-,8-/m0/s1. The molecule has 2 aliphatic rings. The van der Waals surface area contributed by atoms with Gasteiger partial charge in [-0.1, -0.05) is 0 Å². The Bertz CT molecular complexity index is 406. The lowest BCUT2D eigenvalue weighted by molar-refractivity contribution is 0.0750. The van der Waals surface area contributed by atoms with E-state index in [9.17, 15) is 4.79 Å². The first kappa shape index (κ1) is 10.2. The number of nitrogens with zero attached hydrogens (tertiary/aromatic N) is 1. The van der Waals surface area contributed by atoms with Gasteiger partial charge in [0.25, 0.3) is 5.91 Å². The summed E-state index contributed by atoms with van der Waals surface area (Å²) >= 11 is 5.66. The molecule has 0 spiro atoms. The number of carbonyl (C=O) groups excluding carboxylic acids is 1. The van der Waals surface area contributed by atoms with Crippen molar-refractivity contribution in [2.24, 2.45) is 11.8 Å². The fourth-order valence-electron chi connectivity index (χ4n) is 2.61. The van der Waals surface area contributed by atoms with Gasteiger partial charge >= 0.3 is 0 Å². The van der Waals surface area contributed by atoms with Crippen LogP contribution in [0.1, 0.15) is 10.6 Å². The summed E-state index contributed by atoms with van der Waals surface area (Å²) in [6.45, 7) is 3.70. The number of furan rings is 1. The fraction of sp³-hybridized carbons (Fsp3) is 0.545. The van der Waals surface area contributed by atoms with E-state index in [1.54, 1.807) is 12.1 Å². The van der Waals surface area contributed by atoms with Gasteiger partial charge in [-0.3, -0.25) is 4.79 Å². The van der Waals surface area contributed by atoms with Crippen LogP contribution in [0.15, 0.2) is 16.5 Å². The molecule has 3 rings (SSSR count). The Hall–Kier alpha value is -1.00. The van der Waals surface area contributed by atoms with Crippen molar-refractivity contribution in [2.75, 3.05) is 26.2 Å². The van der Waals surface area contributed by atoms with Crippen molar-refractivity contribution in [1.82, 2.24) is 10.2 Å². The Kier molecular flexibility index (Phi) is 2.41. The topological polar surface area (TPSA) is 45.5 Å². The van der Waals surface area contributed by atoms with E-state index in [0.717, 1.165) is 26.2 Å². The monoisotopic (exact) mass is 240 g/mol. The molecule has 0 radical (unpaired) electrons. The van der Waals surface area contributed by atoms with E-state index in [-0.39, 0.29) is 11.1 Å². The molecule has 2 aliphatic heterocycles. The van der Waals surface area contributed by atoms with Crippen molar-refractivity contribution in [1.29, 1.82) is 0 Å². The highest BCUT2D eigenvalue weighted by Crippen LogP contribution is 2.28. The smallest absolute Gasteiger partial charge is 0.289 e. The predicted octanol–water partition coefficient (Wildman–Crippen LogP) is 1.22. The largest absolute Gasteiger partial charge is 0.440 e. The number of nitrogens with one attached hydrogen (secondary N) is 1. The summed E-state index contributed by atoms with van der Waals surface area (Å²) < 4.78 is 5.14. The van der Waals surface area contributed by atoms with Gasteiger partial charge < -0.3 is 14.6 Å². The zero-order chi connectivity index (χ0) is 11.1. The minimum atomic E-state index is -0.0405. The number of rotatable bonds is 1. The summed E-state index contributed by atoms with van der Waals surface area (Å²) in [6, 6.07) is 3.24. The molecule has 2 fully saturated rings. The van der Waals surface area contributed by atoms with Crippen LogP contribution in [-0.4, -0.2) is 37.0 Å². The summed E-state index contributed by atoms with van der Waals surface area (Å²) in [6.07, 6.45) is 0. The van der Waals surface area contributed by atoms with Crippen molar-refractivity contribution in [3.63, 3.8) is 0 Å². The molecule has 2 atom stereocenters. The van der Waals surface area contributed by atoms with Crippen LogP contribution >= 0.6 is 11.6 Å². The van der Waals surface area contributed by atoms with Gasteiger partial charge in [0.05, 0.1) is 0 Å². The second-order valence-electron chi connectivity index (χ2n) is 4.49. The first-order valence-electron chi connectivity index (χ1n) is 5.49. The third-order valence-corrected chi connectivity index (χ3v) is 3.66. The van der Waals surface area contributed by atoms with Crippen molar-refractivity contribution < 1.29 is 9.21 Å². The van der Waals surface area contributed by atoms with Gasteiger partial charge in [0, 0.05) is 26.2 Å². The number of hydrogen-bond acceptors (Lipinski definition) is 3. The molecular formula is C11H13ClN2O2. The third kappa shape index (κ3) is 1.62. The van der Waals surface area contributed by atoms with Crippen molar-refractivity contribution in [3.05, 3.63) is 23.1 Å². The normalized spacial score (nSPS) is 28.4. The van der Waals surface area contributed by atoms with Gasteiger partial charge in [-0.05, 0) is 35.6 Å². The maximum absolute atomic E-state index is 12.0. The fourth-order valence-corrected chi connectivity index (χ4v) is 2.75. The summed E-state index contributed by atoms with van der Waals surface area (Å²) in [5.74, 6) is 1.52. The molecule has 5 heteroatoms. The van der Waals surface area contributed by atoms with E-state index in [2.05, 4.69) is 5.32 Å². The number of halogens is 1. The zero-order valence-electron chi connectivity index (χ0n) is 8.78. The van der Waals surface area contributed by atoms with Gasteiger partial charge in [-0.25, -0.2) is 0 Å². The Morgan fingerprint density at radius 3 is 2.62 bits per heavy atom. The minimum absolute atomic E-state index is 0.0405. The molecule has 1 N–H and O–H groups in total. The highest BCUT2D eigenvalue weighted by molar-refractivity contribution is 6.29. The number of amides is 1. The quantitative estimate of drug-likeness (QED) is 0.803. The minimum Gasteiger partial charge on any atom is -0.440 e. The lowest BCUT2D eigenvalue weighted by Gasteiger charge is -2.15. The molecule has 86 valence electrons. The Morgan fingerprint density at radius 2 is 2.06 bits per heavy atom. The number of likely N-dealkylation sites (tertiary alicyclic amines) is 1. The summed E-state index contributed by atoms with van der Waals surface area (Å²) in [5, 5.41) is 3.61. The lowest BCUT2D eigenvalue weighted by atomic mass is 10.0. The van der Waals surface area contributed by atoms with Crippen molar-refractivity contribution in [3.8, 4) is 0 Å². The molecule has 1 aromatic heterocycles. The predicted molar refractivity (Wildman–Crippen MR) is 59.5 cm³/mol. The molecular weight excluding hydrogens is 228 g/mol. The molecule has 0 aromatic carbocycles. The SMILES string of the molecule is O=C(c1ccc(Cl)o1)N1C[C@@H]2CNC[C@H]2C1. The van der Waals surface area contributed by atoms with Crippen LogP contribution < -0.4 is 5.32 Å². The van der Waals surface area contributed by atoms with E-state index >= 15 is 0 Å². The van der Waals surface area contributed by atoms with E-state index in [4.69, 9.17) is 16.0 Å². The van der Waals surface area contributed by atoms with Crippen LogP contribution in [0.3, 0.4) is 0 Å². The van der Waals surface area contributed by atoms with Crippen LogP contribution in [0.25, 0.3) is 0 Å². The van der Waals surface area contributed by atoms with Crippen LogP contribution in [0, 0.1) is 11.8 Å². The molecule has 3 heterocycles. The molecule has 0 bridgehead atoms. The lowest BCUT2D eigenvalue weighted by Crippen LogP contribution is -2.31. The van der Waals surface area contributed by atoms with Crippen LogP contribution in [-0.2, 0) is 0 Å². The van der Waals surface area contributed by atoms with Crippen molar-refractivity contribution >= 4 is 17.5 Å². The van der Waals surface area contributed by atoms with E-state index in [0.29, 0.717) is 17.6 Å². The molecule has 0 aliphatic carbocycles. The first-order chi connectivity index (χ1) is 7.74. The molecule has 1 amide bonds. The summed E-state index contributed by atoms with van der Waals surface area (Å²) in [4.78, 5) is 13.9. The highest BCUT2D eigenvalue weighted by atomic mass is 35.5. The highest BCUT2D eigenvalue weighted by Gasteiger charge is 2.38. The average molecular weight is 241 g/mol. The second kappa shape index (κ2) is 3.79. The average Bonchev–Trinajstić information content (AvgIpc) is 2.89. The maximum atomic E-state index is 12.0. The molecule has 16 heavy (non-hydrogen) atoms. The van der Waals surface area contributed by atoms with E-state index < -0.39 is 0 Å². The number of carbonyl (C=O) groups is 1.